The van der Waals surface area contributed by atoms with Gasteiger partial charge in [0.05, 0.1) is 0 Å². The van der Waals surface area contributed by atoms with Gasteiger partial charge in [-0.05, 0) is 62.3 Å². The number of amides is 2. The molecule has 2 aromatic carbocycles. The summed E-state index contributed by atoms with van der Waals surface area (Å²) in [6, 6.07) is 12.1. The van der Waals surface area contributed by atoms with Crippen LogP contribution >= 0.6 is 15.9 Å². The number of carbonyl (C=O) groups is 1. The summed E-state index contributed by atoms with van der Waals surface area (Å²) >= 11 is 3.47. The minimum absolute atomic E-state index is 0.193. The van der Waals surface area contributed by atoms with Crippen molar-refractivity contribution in [3.8, 4) is 0 Å². The molecule has 0 atom stereocenters. The van der Waals surface area contributed by atoms with Crippen molar-refractivity contribution >= 4 is 27.6 Å². The molecule has 0 aliphatic carbocycles. The van der Waals surface area contributed by atoms with Crippen molar-refractivity contribution in [1.29, 1.82) is 0 Å². The minimum atomic E-state index is -0.193. The van der Waals surface area contributed by atoms with E-state index in [2.05, 4.69) is 43.6 Å². The number of nitrogens with one attached hydrogen (secondary N) is 2. The lowest BCUT2D eigenvalue weighted by molar-refractivity contribution is 0.251. The van der Waals surface area contributed by atoms with Gasteiger partial charge in [-0.3, -0.25) is 0 Å². The van der Waals surface area contributed by atoms with Crippen molar-refractivity contribution in [2.45, 2.75) is 26.9 Å². The quantitative estimate of drug-likeness (QED) is 0.792. The third kappa shape index (κ3) is 5.35. The Bertz CT molecular complexity index is 705. The smallest absolute Gasteiger partial charge is 0.319 e. The molecule has 0 unspecified atom stereocenters. The van der Waals surface area contributed by atoms with E-state index in [1.54, 1.807) is 0 Å². The molecular formula is C19H24BrN3O. The second kappa shape index (κ2) is 8.31. The summed E-state index contributed by atoms with van der Waals surface area (Å²) in [4.78, 5) is 14.3. The molecule has 2 amide bonds. The summed E-state index contributed by atoms with van der Waals surface area (Å²) in [5.74, 6) is 0. The Hall–Kier alpha value is -1.85. The molecule has 4 nitrogen and oxygen atoms in total. The molecule has 0 saturated carbocycles. The number of halogens is 1. The molecule has 2 aromatic rings. The zero-order chi connectivity index (χ0) is 17.7. The first-order chi connectivity index (χ1) is 11.3. The van der Waals surface area contributed by atoms with E-state index in [9.17, 15) is 4.79 Å². The molecule has 0 radical (unpaired) electrons. The number of urea groups is 1. The van der Waals surface area contributed by atoms with Crippen LogP contribution in [0.5, 0.6) is 0 Å². The molecule has 0 bridgehead atoms. The van der Waals surface area contributed by atoms with Gasteiger partial charge in [0.1, 0.15) is 0 Å². The molecule has 24 heavy (non-hydrogen) atoms. The van der Waals surface area contributed by atoms with Crippen LogP contribution in [-0.4, -0.2) is 25.0 Å². The second-order valence-corrected chi connectivity index (χ2v) is 7.20. The number of rotatable bonds is 5. The molecule has 2 rings (SSSR count). The zero-order valence-corrected chi connectivity index (χ0v) is 16.2. The largest absolute Gasteiger partial charge is 0.334 e. The number of benzene rings is 2. The number of anilines is 1. The molecule has 0 aliphatic rings. The molecule has 128 valence electrons. The third-order valence-electron chi connectivity index (χ3n) is 3.68. The highest BCUT2D eigenvalue weighted by molar-refractivity contribution is 9.10. The van der Waals surface area contributed by atoms with Gasteiger partial charge < -0.3 is 15.5 Å². The van der Waals surface area contributed by atoms with E-state index in [1.165, 1.54) is 5.56 Å². The molecule has 5 heteroatoms. The predicted molar refractivity (Wildman–Crippen MR) is 103 cm³/mol. The van der Waals surface area contributed by atoms with Crippen LogP contribution in [-0.2, 0) is 13.1 Å². The number of aryl methyl sites for hydroxylation is 2. The van der Waals surface area contributed by atoms with Crippen molar-refractivity contribution < 1.29 is 4.79 Å². The molecule has 0 aromatic heterocycles. The maximum atomic E-state index is 12.2. The van der Waals surface area contributed by atoms with Crippen LogP contribution in [0.3, 0.4) is 0 Å². The molecule has 0 heterocycles. The van der Waals surface area contributed by atoms with Gasteiger partial charge in [0.2, 0.25) is 0 Å². The fourth-order valence-corrected chi connectivity index (χ4v) is 3.34. The summed E-state index contributed by atoms with van der Waals surface area (Å²) in [6.07, 6.45) is 0. The van der Waals surface area contributed by atoms with Gasteiger partial charge >= 0.3 is 6.03 Å². The first-order valence-electron chi connectivity index (χ1n) is 7.89. The topological polar surface area (TPSA) is 44.4 Å². The van der Waals surface area contributed by atoms with E-state index in [0.717, 1.165) is 33.4 Å². The Labute approximate surface area is 152 Å². The van der Waals surface area contributed by atoms with Crippen molar-refractivity contribution in [2.75, 3.05) is 19.4 Å². The lowest BCUT2D eigenvalue weighted by Gasteiger charge is -2.14. The van der Waals surface area contributed by atoms with Crippen LogP contribution in [0.2, 0.25) is 0 Å². The van der Waals surface area contributed by atoms with Crippen LogP contribution in [0.15, 0.2) is 40.9 Å². The summed E-state index contributed by atoms with van der Waals surface area (Å²) < 4.78 is 1.01. The standard InChI is InChI=1S/C19H24BrN3O/c1-13-8-17(20)9-14(2)18(13)22-19(24)21-11-15-6-5-7-16(10-15)12-23(3)4/h5-10H,11-12H2,1-4H3,(H2,21,22,24). The third-order valence-corrected chi connectivity index (χ3v) is 4.14. The molecular weight excluding hydrogens is 366 g/mol. The molecule has 0 saturated heterocycles. The number of hydrogen-bond donors (Lipinski definition) is 2. The molecule has 0 fully saturated rings. The number of nitrogens with zero attached hydrogens (tertiary/aromatic N) is 1. The SMILES string of the molecule is Cc1cc(Br)cc(C)c1NC(=O)NCc1cccc(CN(C)C)c1. The average Bonchev–Trinajstić information content (AvgIpc) is 2.48. The van der Waals surface area contributed by atoms with Gasteiger partial charge in [-0.2, -0.15) is 0 Å². The summed E-state index contributed by atoms with van der Waals surface area (Å²) in [7, 11) is 4.09. The summed E-state index contributed by atoms with van der Waals surface area (Å²) in [5, 5.41) is 5.87. The first kappa shape index (κ1) is 18.5. The van der Waals surface area contributed by atoms with E-state index < -0.39 is 0 Å². The second-order valence-electron chi connectivity index (χ2n) is 6.28. The van der Waals surface area contributed by atoms with Gasteiger partial charge in [0.25, 0.3) is 0 Å². The van der Waals surface area contributed by atoms with Crippen LogP contribution in [0.25, 0.3) is 0 Å². The maximum Gasteiger partial charge on any atom is 0.319 e. The average molecular weight is 390 g/mol. The minimum Gasteiger partial charge on any atom is -0.334 e. The van der Waals surface area contributed by atoms with Gasteiger partial charge in [-0.25, -0.2) is 4.79 Å². The Kier molecular flexibility index (Phi) is 6.40. The lowest BCUT2D eigenvalue weighted by atomic mass is 10.1. The van der Waals surface area contributed by atoms with Crippen LogP contribution in [0.1, 0.15) is 22.3 Å². The predicted octanol–water partition coefficient (Wildman–Crippen LogP) is 4.45. The van der Waals surface area contributed by atoms with Crippen molar-refractivity contribution in [2.24, 2.45) is 0 Å². The number of carbonyl (C=O) groups excluding carboxylic acids is 1. The van der Waals surface area contributed by atoms with E-state index in [1.807, 2.05) is 52.2 Å². The maximum absolute atomic E-state index is 12.2. The Morgan fingerprint density at radius 3 is 2.33 bits per heavy atom. The number of hydrogen-bond acceptors (Lipinski definition) is 2. The van der Waals surface area contributed by atoms with E-state index >= 15 is 0 Å². The Morgan fingerprint density at radius 1 is 1.08 bits per heavy atom. The van der Waals surface area contributed by atoms with E-state index in [0.29, 0.717) is 6.54 Å². The zero-order valence-electron chi connectivity index (χ0n) is 14.6. The fourth-order valence-electron chi connectivity index (χ4n) is 2.65. The summed E-state index contributed by atoms with van der Waals surface area (Å²) in [6.45, 7) is 5.36. The van der Waals surface area contributed by atoms with Gasteiger partial charge in [-0.15, -0.1) is 0 Å². The molecule has 2 N–H and O–H groups in total. The molecule has 0 spiro atoms. The van der Waals surface area contributed by atoms with Crippen LogP contribution < -0.4 is 10.6 Å². The fraction of sp³-hybridized carbons (Fsp3) is 0.316. The highest BCUT2D eigenvalue weighted by Gasteiger charge is 2.08. The Morgan fingerprint density at radius 2 is 1.71 bits per heavy atom. The monoisotopic (exact) mass is 389 g/mol. The highest BCUT2D eigenvalue weighted by Crippen LogP contribution is 2.24. The van der Waals surface area contributed by atoms with E-state index in [-0.39, 0.29) is 6.03 Å². The highest BCUT2D eigenvalue weighted by atomic mass is 79.9. The normalized spacial score (nSPS) is 10.8. The van der Waals surface area contributed by atoms with Crippen molar-refractivity contribution in [3.63, 3.8) is 0 Å². The van der Waals surface area contributed by atoms with E-state index in [4.69, 9.17) is 0 Å². The van der Waals surface area contributed by atoms with Crippen molar-refractivity contribution in [3.05, 3.63) is 63.1 Å². The van der Waals surface area contributed by atoms with Crippen LogP contribution in [0, 0.1) is 13.8 Å². The van der Waals surface area contributed by atoms with Crippen molar-refractivity contribution in [1.82, 2.24) is 10.2 Å². The molecule has 0 aliphatic heterocycles. The van der Waals surface area contributed by atoms with Gasteiger partial charge in [0.15, 0.2) is 0 Å². The Balaban J connectivity index is 1.97. The first-order valence-corrected chi connectivity index (χ1v) is 8.68. The summed E-state index contributed by atoms with van der Waals surface area (Å²) in [5.41, 5.74) is 5.25. The van der Waals surface area contributed by atoms with Crippen LogP contribution in [0.4, 0.5) is 10.5 Å². The lowest BCUT2D eigenvalue weighted by Crippen LogP contribution is -2.28. The van der Waals surface area contributed by atoms with Gasteiger partial charge in [-0.1, -0.05) is 40.2 Å². The van der Waals surface area contributed by atoms with Gasteiger partial charge in [0, 0.05) is 23.2 Å².